The lowest BCUT2D eigenvalue weighted by molar-refractivity contribution is -0.146. The van der Waals surface area contributed by atoms with Crippen molar-refractivity contribution in [1.82, 2.24) is 4.31 Å². The van der Waals surface area contributed by atoms with Crippen LogP contribution in [0.3, 0.4) is 0 Å². The molecule has 1 fully saturated rings. The normalized spacial score (nSPS) is 20.2. The summed E-state index contributed by atoms with van der Waals surface area (Å²) in [6.45, 7) is 0.415. The molecule has 8 heteroatoms. The number of hydrogen-bond acceptors (Lipinski definition) is 4. The number of hydrogen-bond donors (Lipinski definition) is 0. The third-order valence-electron chi connectivity index (χ3n) is 3.43. The van der Waals surface area contributed by atoms with Crippen LogP contribution in [0.5, 0.6) is 0 Å². The SMILES string of the molecule is COC(=O)C1CCCN(S(=O)(=O)c2ccc(F)cc2Br)C1. The summed E-state index contributed by atoms with van der Waals surface area (Å²) >= 11 is 3.07. The molecule has 0 aliphatic carbocycles. The Labute approximate surface area is 131 Å². The molecule has 116 valence electrons. The van der Waals surface area contributed by atoms with E-state index < -0.39 is 27.7 Å². The summed E-state index contributed by atoms with van der Waals surface area (Å²) < 4.78 is 44.4. The maximum atomic E-state index is 13.1. The predicted octanol–water partition coefficient (Wildman–Crippen LogP) is 2.16. The van der Waals surface area contributed by atoms with Crippen molar-refractivity contribution in [3.8, 4) is 0 Å². The largest absolute Gasteiger partial charge is 0.469 e. The average Bonchev–Trinajstić information content (AvgIpc) is 2.46. The Hall–Kier alpha value is -0.990. The van der Waals surface area contributed by atoms with Crippen LogP contribution in [0.1, 0.15) is 12.8 Å². The molecule has 5 nitrogen and oxygen atoms in total. The average molecular weight is 380 g/mol. The summed E-state index contributed by atoms with van der Waals surface area (Å²) in [7, 11) is -2.49. The number of piperidine rings is 1. The molecule has 0 spiro atoms. The Morgan fingerprint density at radius 3 is 2.81 bits per heavy atom. The molecule has 0 amide bonds. The van der Waals surface area contributed by atoms with Gasteiger partial charge in [-0.05, 0) is 47.0 Å². The molecule has 1 atom stereocenters. The van der Waals surface area contributed by atoms with Crippen LogP contribution in [0.2, 0.25) is 0 Å². The molecule has 21 heavy (non-hydrogen) atoms. The topological polar surface area (TPSA) is 63.7 Å². The van der Waals surface area contributed by atoms with Crippen LogP contribution < -0.4 is 0 Å². The van der Waals surface area contributed by atoms with Crippen LogP contribution in [-0.2, 0) is 19.6 Å². The molecule has 1 saturated heterocycles. The van der Waals surface area contributed by atoms with E-state index in [2.05, 4.69) is 20.7 Å². The van der Waals surface area contributed by atoms with Crippen LogP contribution in [-0.4, -0.2) is 38.9 Å². The zero-order valence-corrected chi connectivity index (χ0v) is 13.8. The molecular formula is C13H15BrFNO4S. The highest BCUT2D eigenvalue weighted by molar-refractivity contribution is 9.10. The minimum absolute atomic E-state index is 0.00517. The number of esters is 1. The number of nitrogens with zero attached hydrogens (tertiary/aromatic N) is 1. The fourth-order valence-electron chi connectivity index (χ4n) is 2.34. The monoisotopic (exact) mass is 379 g/mol. The van der Waals surface area contributed by atoms with Gasteiger partial charge in [0.05, 0.1) is 17.9 Å². The van der Waals surface area contributed by atoms with Crippen LogP contribution in [0.4, 0.5) is 4.39 Å². The number of carbonyl (C=O) groups is 1. The molecule has 0 radical (unpaired) electrons. The van der Waals surface area contributed by atoms with E-state index >= 15 is 0 Å². The smallest absolute Gasteiger partial charge is 0.309 e. The van der Waals surface area contributed by atoms with Gasteiger partial charge < -0.3 is 4.74 Å². The summed E-state index contributed by atoms with van der Waals surface area (Å²) in [6, 6.07) is 3.42. The van der Waals surface area contributed by atoms with Gasteiger partial charge in [-0.25, -0.2) is 12.8 Å². The molecule has 2 rings (SSSR count). The first kappa shape index (κ1) is 16.4. The van der Waals surface area contributed by atoms with Crippen molar-refractivity contribution >= 4 is 31.9 Å². The third kappa shape index (κ3) is 3.44. The van der Waals surface area contributed by atoms with Crippen molar-refractivity contribution in [2.24, 2.45) is 5.92 Å². The Kier molecular flexibility index (Phi) is 5.00. The quantitative estimate of drug-likeness (QED) is 0.754. The molecule has 1 aliphatic rings. The van der Waals surface area contributed by atoms with Gasteiger partial charge in [0.2, 0.25) is 10.0 Å². The standard InChI is InChI=1S/C13H15BrFNO4S/c1-20-13(17)9-3-2-6-16(8-9)21(18,19)12-5-4-10(15)7-11(12)14/h4-5,7,9H,2-3,6,8H2,1H3. The number of ether oxygens (including phenoxy) is 1. The summed E-state index contributed by atoms with van der Waals surface area (Å²) in [5.41, 5.74) is 0. The molecule has 1 unspecified atom stereocenters. The van der Waals surface area contributed by atoms with Crippen molar-refractivity contribution in [1.29, 1.82) is 0 Å². The molecule has 1 aromatic carbocycles. The lowest BCUT2D eigenvalue weighted by Gasteiger charge is -2.30. The second-order valence-electron chi connectivity index (χ2n) is 4.80. The highest BCUT2D eigenvalue weighted by atomic mass is 79.9. The molecule has 0 saturated carbocycles. The van der Waals surface area contributed by atoms with Gasteiger partial charge in [0.25, 0.3) is 0 Å². The van der Waals surface area contributed by atoms with Crippen molar-refractivity contribution in [2.45, 2.75) is 17.7 Å². The number of benzene rings is 1. The van der Waals surface area contributed by atoms with Gasteiger partial charge in [-0.2, -0.15) is 4.31 Å². The summed E-state index contributed by atoms with van der Waals surface area (Å²) in [5, 5.41) is 0. The van der Waals surface area contributed by atoms with Crippen molar-refractivity contribution in [3.05, 3.63) is 28.5 Å². The van der Waals surface area contributed by atoms with Crippen LogP contribution in [0, 0.1) is 11.7 Å². The summed E-state index contributed by atoms with van der Waals surface area (Å²) in [6.07, 6.45) is 1.18. The molecule has 0 aromatic heterocycles. The Morgan fingerprint density at radius 2 is 2.19 bits per heavy atom. The van der Waals surface area contributed by atoms with Gasteiger partial charge >= 0.3 is 5.97 Å². The molecular weight excluding hydrogens is 365 g/mol. The van der Waals surface area contributed by atoms with Gasteiger partial charge in [-0.3, -0.25) is 4.79 Å². The minimum atomic E-state index is -3.77. The van der Waals surface area contributed by atoms with Gasteiger partial charge in [-0.15, -0.1) is 0 Å². The first-order valence-electron chi connectivity index (χ1n) is 6.39. The molecule has 1 aliphatic heterocycles. The number of rotatable bonds is 3. The zero-order valence-electron chi connectivity index (χ0n) is 11.4. The zero-order chi connectivity index (χ0) is 15.6. The number of methoxy groups -OCH3 is 1. The van der Waals surface area contributed by atoms with Crippen LogP contribution in [0.15, 0.2) is 27.6 Å². The maximum absolute atomic E-state index is 13.1. The minimum Gasteiger partial charge on any atom is -0.469 e. The summed E-state index contributed by atoms with van der Waals surface area (Å²) in [4.78, 5) is 11.6. The lowest BCUT2D eigenvalue weighted by atomic mass is 10.0. The third-order valence-corrected chi connectivity index (χ3v) is 6.27. The van der Waals surface area contributed by atoms with E-state index in [-0.39, 0.29) is 15.9 Å². The van der Waals surface area contributed by atoms with E-state index in [4.69, 9.17) is 0 Å². The van der Waals surface area contributed by atoms with Crippen LogP contribution >= 0.6 is 15.9 Å². The molecule has 1 aromatic rings. The molecule has 0 N–H and O–H groups in total. The fourth-order valence-corrected chi connectivity index (χ4v) is 4.88. The number of carbonyl (C=O) groups excluding carboxylic acids is 1. The van der Waals surface area contributed by atoms with Gasteiger partial charge in [0, 0.05) is 17.6 Å². The number of sulfonamides is 1. The highest BCUT2D eigenvalue weighted by Crippen LogP contribution is 2.29. The predicted molar refractivity (Wildman–Crippen MR) is 77.6 cm³/mol. The van der Waals surface area contributed by atoms with Gasteiger partial charge in [0.1, 0.15) is 5.82 Å². The lowest BCUT2D eigenvalue weighted by Crippen LogP contribution is -2.42. The second-order valence-corrected chi connectivity index (χ2v) is 7.56. The van der Waals surface area contributed by atoms with E-state index in [1.54, 1.807) is 0 Å². The molecule has 0 bridgehead atoms. The van der Waals surface area contributed by atoms with Crippen molar-refractivity contribution in [3.63, 3.8) is 0 Å². The van der Waals surface area contributed by atoms with E-state index in [9.17, 15) is 17.6 Å². The van der Waals surface area contributed by atoms with Crippen molar-refractivity contribution in [2.75, 3.05) is 20.2 Å². The van der Waals surface area contributed by atoms with E-state index in [0.717, 1.165) is 12.1 Å². The summed E-state index contributed by atoms with van der Waals surface area (Å²) in [5.74, 6) is -1.39. The second kappa shape index (κ2) is 6.41. The Morgan fingerprint density at radius 1 is 1.48 bits per heavy atom. The Balaban J connectivity index is 2.28. The maximum Gasteiger partial charge on any atom is 0.309 e. The van der Waals surface area contributed by atoms with Crippen molar-refractivity contribution < 1.29 is 22.3 Å². The van der Waals surface area contributed by atoms with E-state index in [1.807, 2.05) is 0 Å². The van der Waals surface area contributed by atoms with E-state index in [0.29, 0.717) is 19.4 Å². The van der Waals surface area contributed by atoms with Gasteiger partial charge in [0.15, 0.2) is 0 Å². The molecule has 1 heterocycles. The van der Waals surface area contributed by atoms with Crippen LogP contribution in [0.25, 0.3) is 0 Å². The van der Waals surface area contributed by atoms with Gasteiger partial charge in [-0.1, -0.05) is 0 Å². The number of halogens is 2. The Bertz CT molecular complexity index is 650. The first-order valence-corrected chi connectivity index (χ1v) is 8.62. The fraction of sp³-hybridized carbons (Fsp3) is 0.462. The highest BCUT2D eigenvalue weighted by Gasteiger charge is 2.34. The first-order chi connectivity index (χ1) is 9.86. The van der Waals surface area contributed by atoms with E-state index in [1.165, 1.54) is 17.5 Å².